The summed E-state index contributed by atoms with van der Waals surface area (Å²) in [6, 6.07) is 9.95. The maximum absolute atomic E-state index is 11.4. The second-order valence-corrected chi connectivity index (χ2v) is 3.54. The van der Waals surface area contributed by atoms with Gasteiger partial charge >= 0.3 is 5.97 Å². The molecule has 0 aliphatic heterocycles. The Kier molecular flexibility index (Phi) is 5.34. The molecule has 1 aromatic carbocycles. The Labute approximate surface area is 96.9 Å². The number of allylic oxidation sites excluding steroid dienone is 1. The van der Waals surface area contributed by atoms with Crippen LogP contribution in [0.15, 0.2) is 36.4 Å². The van der Waals surface area contributed by atoms with E-state index in [2.05, 4.69) is 6.92 Å². The molecular weight excluding hydrogens is 200 g/mol. The van der Waals surface area contributed by atoms with Gasteiger partial charge in [-0.15, -0.1) is 0 Å². The molecule has 2 heteroatoms. The molecular formula is C14H18O2. The molecule has 1 aromatic rings. The van der Waals surface area contributed by atoms with E-state index in [1.807, 2.05) is 37.3 Å². The van der Waals surface area contributed by atoms with Crippen LogP contribution in [-0.4, -0.2) is 12.6 Å². The number of hydrogen-bond donors (Lipinski definition) is 0. The highest BCUT2D eigenvalue weighted by Gasteiger charge is 2.04. The van der Waals surface area contributed by atoms with Crippen molar-refractivity contribution in [3.05, 3.63) is 42.0 Å². The van der Waals surface area contributed by atoms with E-state index >= 15 is 0 Å². The zero-order valence-electron chi connectivity index (χ0n) is 9.90. The van der Waals surface area contributed by atoms with Gasteiger partial charge in [-0.2, -0.15) is 0 Å². The maximum Gasteiger partial charge on any atom is 0.331 e. The zero-order valence-corrected chi connectivity index (χ0v) is 9.90. The molecule has 16 heavy (non-hydrogen) atoms. The maximum atomic E-state index is 11.4. The van der Waals surface area contributed by atoms with Crippen LogP contribution in [0, 0.1) is 0 Å². The van der Waals surface area contributed by atoms with Gasteiger partial charge in [0.25, 0.3) is 0 Å². The van der Waals surface area contributed by atoms with Crippen LogP contribution in [0.2, 0.25) is 0 Å². The van der Waals surface area contributed by atoms with E-state index in [-0.39, 0.29) is 5.97 Å². The van der Waals surface area contributed by atoms with Gasteiger partial charge in [0.1, 0.15) is 0 Å². The van der Waals surface area contributed by atoms with E-state index in [0.717, 1.165) is 24.0 Å². The lowest BCUT2D eigenvalue weighted by Gasteiger charge is -2.06. The summed E-state index contributed by atoms with van der Waals surface area (Å²) in [6.07, 6.45) is 3.51. The van der Waals surface area contributed by atoms with Crippen molar-refractivity contribution in [2.24, 2.45) is 0 Å². The van der Waals surface area contributed by atoms with Crippen molar-refractivity contribution < 1.29 is 9.53 Å². The highest BCUT2D eigenvalue weighted by Crippen LogP contribution is 2.19. The summed E-state index contributed by atoms with van der Waals surface area (Å²) in [7, 11) is 0. The van der Waals surface area contributed by atoms with Crippen molar-refractivity contribution in [3.8, 4) is 0 Å². The van der Waals surface area contributed by atoms with Crippen molar-refractivity contribution in [1.82, 2.24) is 0 Å². The van der Waals surface area contributed by atoms with Crippen LogP contribution in [0.4, 0.5) is 0 Å². The summed E-state index contributed by atoms with van der Waals surface area (Å²) in [5.41, 5.74) is 2.14. The van der Waals surface area contributed by atoms with Crippen molar-refractivity contribution in [1.29, 1.82) is 0 Å². The van der Waals surface area contributed by atoms with Gasteiger partial charge in [0.2, 0.25) is 0 Å². The number of esters is 1. The van der Waals surface area contributed by atoms with Crippen LogP contribution in [-0.2, 0) is 9.53 Å². The quantitative estimate of drug-likeness (QED) is 0.559. The minimum Gasteiger partial charge on any atom is -0.463 e. The molecule has 0 heterocycles. The highest BCUT2D eigenvalue weighted by atomic mass is 16.5. The van der Waals surface area contributed by atoms with Gasteiger partial charge in [0.15, 0.2) is 0 Å². The Morgan fingerprint density at radius 3 is 2.50 bits per heavy atom. The van der Waals surface area contributed by atoms with E-state index in [9.17, 15) is 4.79 Å². The monoisotopic (exact) mass is 218 g/mol. The van der Waals surface area contributed by atoms with Gasteiger partial charge in [-0.25, -0.2) is 4.79 Å². The van der Waals surface area contributed by atoms with Crippen molar-refractivity contribution in [2.45, 2.75) is 26.7 Å². The lowest BCUT2D eigenvalue weighted by molar-refractivity contribution is -0.137. The first-order chi connectivity index (χ1) is 7.77. The van der Waals surface area contributed by atoms with Gasteiger partial charge in [0.05, 0.1) is 6.61 Å². The Morgan fingerprint density at radius 2 is 1.94 bits per heavy atom. The fourth-order valence-corrected chi connectivity index (χ4v) is 1.55. The van der Waals surface area contributed by atoms with Crippen LogP contribution in [0.25, 0.3) is 5.57 Å². The van der Waals surface area contributed by atoms with Crippen LogP contribution in [0.1, 0.15) is 32.3 Å². The standard InChI is InChI=1S/C14H18O2/c1-3-8-13(11-14(15)16-4-2)12-9-6-5-7-10-12/h5-7,9-11H,3-4,8H2,1-2H3/b13-11-. The molecule has 0 aliphatic carbocycles. The number of ether oxygens (including phenoxy) is 1. The molecule has 0 atom stereocenters. The van der Waals surface area contributed by atoms with Crippen molar-refractivity contribution >= 4 is 11.5 Å². The first kappa shape index (κ1) is 12.5. The smallest absolute Gasteiger partial charge is 0.331 e. The van der Waals surface area contributed by atoms with E-state index in [0.29, 0.717) is 6.61 Å². The van der Waals surface area contributed by atoms with E-state index in [1.165, 1.54) is 0 Å². The predicted octanol–water partition coefficient (Wildman–Crippen LogP) is 3.43. The molecule has 86 valence electrons. The van der Waals surface area contributed by atoms with Gasteiger partial charge in [-0.3, -0.25) is 0 Å². The topological polar surface area (TPSA) is 26.3 Å². The third-order valence-corrected chi connectivity index (χ3v) is 2.24. The molecule has 0 amide bonds. The molecule has 0 radical (unpaired) electrons. The molecule has 0 bridgehead atoms. The Bertz CT molecular complexity index is 352. The van der Waals surface area contributed by atoms with E-state index in [4.69, 9.17) is 4.74 Å². The lowest BCUT2D eigenvalue weighted by Crippen LogP contribution is -2.01. The van der Waals surface area contributed by atoms with E-state index in [1.54, 1.807) is 6.08 Å². The molecule has 1 rings (SSSR count). The molecule has 0 N–H and O–H groups in total. The molecule has 2 nitrogen and oxygen atoms in total. The van der Waals surface area contributed by atoms with Crippen LogP contribution >= 0.6 is 0 Å². The first-order valence-electron chi connectivity index (χ1n) is 5.70. The predicted molar refractivity (Wildman–Crippen MR) is 66.0 cm³/mol. The molecule has 0 unspecified atom stereocenters. The second kappa shape index (κ2) is 6.83. The summed E-state index contributed by atoms with van der Waals surface area (Å²) in [5, 5.41) is 0. The van der Waals surface area contributed by atoms with Crippen LogP contribution in [0.5, 0.6) is 0 Å². The molecule has 0 spiro atoms. The number of rotatable bonds is 5. The Hall–Kier alpha value is -1.57. The van der Waals surface area contributed by atoms with Crippen molar-refractivity contribution in [2.75, 3.05) is 6.61 Å². The summed E-state index contributed by atoms with van der Waals surface area (Å²) < 4.78 is 4.92. The minimum atomic E-state index is -0.255. The van der Waals surface area contributed by atoms with Gasteiger partial charge in [0, 0.05) is 6.08 Å². The zero-order chi connectivity index (χ0) is 11.8. The molecule has 0 aromatic heterocycles. The van der Waals surface area contributed by atoms with Crippen LogP contribution in [0.3, 0.4) is 0 Å². The first-order valence-corrected chi connectivity index (χ1v) is 5.70. The largest absolute Gasteiger partial charge is 0.463 e. The van der Waals surface area contributed by atoms with Gasteiger partial charge < -0.3 is 4.74 Å². The molecule has 0 saturated carbocycles. The molecule has 0 aliphatic rings. The third kappa shape index (κ3) is 3.89. The number of hydrogen-bond acceptors (Lipinski definition) is 2. The fourth-order valence-electron chi connectivity index (χ4n) is 1.55. The summed E-state index contributed by atoms with van der Waals surface area (Å²) >= 11 is 0. The summed E-state index contributed by atoms with van der Waals surface area (Å²) in [6.45, 7) is 4.33. The Morgan fingerprint density at radius 1 is 1.25 bits per heavy atom. The number of benzene rings is 1. The van der Waals surface area contributed by atoms with Crippen molar-refractivity contribution in [3.63, 3.8) is 0 Å². The lowest BCUT2D eigenvalue weighted by atomic mass is 10.0. The summed E-state index contributed by atoms with van der Waals surface area (Å²) in [5.74, 6) is -0.255. The second-order valence-electron chi connectivity index (χ2n) is 3.54. The molecule has 0 saturated heterocycles. The average molecular weight is 218 g/mol. The SMILES string of the molecule is CCC/C(=C/C(=O)OCC)c1ccccc1. The minimum absolute atomic E-state index is 0.255. The third-order valence-electron chi connectivity index (χ3n) is 2.24. The average Bonchev–Trinajstić information content (AvgIpc) is 2.30. The van der Waals surface area contributed by atoms with E-state index < -0.39 is 0 Å². The fraction of sp³-hybridized carbons (Fsp3) is 0.357. The van der Waals surface area contributed by atoms with Gasteiger partial charge in [-0.05, 0) is 24.5 Å². The normalized spacial score (nSPS) is 11.2. The molecule has 0 fully saturated rings. The Balaban J connectivity index is 2.86. The number of carbonyl (C=O) groups excluding carboxylic acids is 1. The summed E-state index contributed by atoms with van der Waals surface area (Å²) in [4.78, 5) is 11.4. The number of carbonyl (C=O) groups is 1. The van der Waals surface area contributed by atoms with Crippen LogP contribution < -0.4 is 0 Å². The van der Waals surface area contributed by atoms with Gasteiger partial charge in [-0.1, -0.05) is 43.7 Å². The highest BCUT2D eigenvalue weighted by molar-refractivity contribution is 5.91.